The molecule has 1 atom stereocenters. The lowest BCUT2D eigenvalue weighted by atomic mass is 10.2. The quantitative estimate of drug-likeness (QED) is 0.919. The largest absolute Gasteiger partial charge is 0.481 e. The average molecular weight is 287 g/mol. The summed E-state index contributed by atoms with van der Waals surface area (Å²) in [5.74, 6) is 1.16. The number of aryl methyl sites for hydroxylation is 1. The Bertz CT molecular complexity index is 602. The molecule has 1 aromatic heterocycles. The minimum atomic E-state index is -0.580. The number of rotatable bonds is 5. The summed E-state index contributed by atoms with van der Waals surface area (Å²) in [6.07, 6.45) is 1.09. The van der Waals surface area contributed by atoms with Crippen molar-refractivity contribution in [2.24, 2.45) is 0 Å². The Balaban J connectivity index is 1.99. The highest BCUT2D eigenvalue weighted by atomic mass is 16.5. The second-order valence-corrected chi connectivity index (χ2v) is 5.32. The second kappa shape index (κ2) is 6.43. The van der Waals surface area contributed by atoms with Crippen LogP contribution in [0.1, 0.15) is 32.4 Å². The minimum Gasteiger partial charge on any atom is -0.481 e. The van der Waals surface area contributed by atoms with Crippen molar-refractivity contribution in [3.8, 4) is 5.75 Å². The second-order valence-electron chi connectivity index (χ2n) is 5.32. The Labute approximate surface area is 124 Å². The first kappa shape index (κ1) is 15.1. The van der Waals surface area contributed by atoms with Gasteiger partial charge in [0.2, 0.25) is 0 Å². The molecule has 1 amide bonds. The van der Waals surface area contributed by atoms with Crippen molar-refractivity contribution >= 4 is 11.7 Å². The molecule has 0 saturated heterocycles. The van der Waals surface area contributed by atoms with E-state index in [0.717, 1.165) is 5.56 Å². The SMILES string of the molecule is Cc1ccc(O[C@H](C)C(=O)Nc2ccnn2C(C)C)cc1. The molecular formula is C16H21N3O2. The number of ether oxygens (including phenoxy) is 1. The molecule has 0 aliphatic rings. The molecule has 112 valence electrons. The maximum atomic E-state index is 12.2. The van der Waals surface area contributed by atoms with Crippen molar-refractivity contribution in [1.29, 1.82) is 0 Å². The molecule has 21 heavy (non-hydrogen) atoms. The highest BCUT2D eigenvalue weighted by molar-refractivity contribution is 5.93. The zero-order valence-corrected chi connectivity index (χ0v) is 12.8. The van der Waals surface area contributed by atoms with Gasteiger partial charge in [-0.25, -0.2) is 4.68 Å². The van der Waals surface area contributed by atoms with Crippen molar-refractivity contribution in [1.82, 2.24) is 9.78 Å². The van der Waals surface area contributed by atoms with E-state index in [9.17, 15) is 4.79 Å². The highest BCUT2D eigenvalue weighted by Crippen LogP contribution is 2.16. The Kier molecular flexibility index (Phi) is 4.62. The van der Waals surface area contributed by atoms with Gasteiger partial charge < -0.3 is 10.1 Å². The summed E-state index contributed by atoms with van der Waals surface area (Å²) in [5, 5.41) is 7.02. The monoisotopic (exact) mass is 287 g/mol. The molecular weight excluding hydrogens is 266 g/mol. The van der Waals surface area contributed by atoms with E-state index in [2.05, 4.69) is 10.4 Å². The summed E-state index contributed by atoms with van der Waals surface area (Å²) in [4.78, 5) is 12.2. The number of hydrogen-bond donors (Lipinski definition) is 1. The number of carbonyl (C=O) groups excluding carboxylic acids is 1. The van der Waals surface area contributed by atoms with Crippen molar-refractivity contribution in [2.45, 2.75) is 39.8 Å². The molecule has 0 aliphatic heterocycles. The van der Waals surface area contributed by atoms with E-state index in [0.29, 0.717) is 11.6 Å². The molecule has 0 bridgehead atoms. The summed E-state index contributed by atoms with van der Waals surface area (Å²) in [5.41, 5.74) is 1.15. The van der Waals surface area contributed by atoms with Crippen molar-refractivity contribution in [2.75, 3.05) is 5.32 Å². The number of nitrogens with zero attached hydrogens (tertiary/aromatic N) is 2. The van der Waals surface area contributed by atoms with Gasteiger partial charge in [-0.2, -0.15) is 5.10 Å². The van der Waals surface area contributed by atoms with E-state index in [1.54, 1.807) is 23.9 Å². The van der Waals surface area contributed by atoms with E-state index in [1.807, 2.05) is 45.0 Å². The van der Waals surface area contributed by atoms with Crippen LogP contribution in [0, 0.1) is 6.92 Å². The van der Waals surface area contributed by atoms with Crippen LogP contribution in [0.15, 0.2) is 36.5 Å². The molecule has 5 heteroatoms. The normalized spacial score (nSPS) is 12.2. The molecule has 0 saturated carbocycles. The van der Waals surface area contributed by atoms with Crippen molar-refractivity contribution in [3.63, 3.8) is 0 Å². The van der Waals surface area contributed by atoms with Gasteiger partial charge in [-0.15, -0.1) is 0 Å². The van der Waals surface area contributed by atoms with Crippen LogP contribution in [0.2, 0.25) is 0 Å². The summed E-state index contributed by atoms with van der Waals surface area (Å²) >= 11 is 0. The predicted molar refractivity (Wildman–Crippen MR) is 82.5 cm³/mol. The fourth-order valence-electron chi connectivity index (χ4n) is 1.93. The first-order valence-corrected chi connectivity index (χ1v) is 7.05. The molecule has 2 rings (SSSR count). The lowest BCUT2D eigenvalue weighted by Crippen LogP contribution is -2.31. The van der Waals surface area contributed by atoms with Gasteiger partial charge in [0, 0.05) is 12.1 Å². The third-order valence-corrected chi connectivity index (χ3v) is 3.11. The average Bonchev–Trinajstić information content (AvgIpc) is 2.89. The maximum Gasteiger partial charge on any atom is 0.266 e. The zero-order valence-electron chi connectivity index (χ0n) is 12.8. The third kappa shape index (κ3) is 3.84. The first-order chi connectivity index (χ1) is 9.97. The van der Waals surface area contributed by atoms with Gasteiger partial charge in [0.05, 0.1) is 6.20 Å². The van der Waals surface area contributed by atoms with Crippen LogP contribution >= 0.6 is 0 Å². The molecule has 5 nitrogen and oxygen atoms in total. The number of nitrogens with one attached hydrogen (secondary N) is 1. The highest BCUT2D eigenvalue weighted by Gasteiger charge is 2.17. The van der Waals surface area contributed by atoms with E-state index >= 15 is 0 Å². The van der Waals surface area contributed by atoms with Gasteiger partial charge in [0.1, 0.15) is 11.6 Å². The molecule has 0 radical (unpaired) electrons. The van der Waals surface area contributed by atoms with Gasteiger partial charge >= 0.3 is 0 Å². The molecule has 1 heterocycles. The Morgan fingerprint density at radius 2 is 1.86 bits per heavy atom. The van der Waals surface area contributed by atoms with Crippen LogP contribution in [0.5, 0.6) is 5.75 Å². The van der Waals surface area contributed by atoms with Crippen LogP contribution in [0.4, 0.5) is 5.82 Å². The number of benzene rings is 1. The molecule has 1 N–H and O–H groups in total. The van der Waals surface area contributed by atoms with Gasteiger partial charge in [0.25, 0.3) is 5.91 Å². The van der Waals surface area contributed by atoms with Crippen LogP contribution < -0.4 is 10.1 Å². The lowest BCUT2D eigenvalue weighted by molar-refractivity contribution is -0.122. The lowest BCUT2D eigenvalue weighted by Gasteiger charge is -2.16. The summed E-state index contributed by atoms with van der Waals surface area (Å²) in [6, 6.07) is 9.58. The van der Waals surface area contributed by atoms with Crippen molar-refractivity contribution in [3.05, 3.63) is 42.1 Å². The topological polar surface area (TPSA) is 56.1 Å². The van der Waals surface area contributed by atoms with Crippen LogP contribution in [0.25, 0.3) is 0 Å². The standard InChI is InChI=1S/C16H21N3O2/c1-11(2)19-15(9-10-17-19)18-16(20)13(4)21-14-7-5-12(3)6-8-14/h5-11,13H,1-4H3,(H,18,20)/t13-/m1/s1. The van der Waals surface area contributed by atoms with E-state index < -0.39 is 6.10 Å². The van der Waals surface area contributed by atoms with E-state index in [1.165, 1.54) is 0 Å². The Morgan fingerprint density at radius 1 is 1.19 bits per heavy atom. The molecule has 0 fully saturated rings. The predicted octanol–water partition coefficient (Wildman–Crippen LogP) is 3.18. The van der Waals surface area contributed by atoms with Crippen molar-refractivity contribution < 1.29 is 9.53 Å². The number of aromatic nitrogens is 2. The van der Waals surface area contributed by atoms with E-state index in [4.69, 9.17) is 4.74 Å². The zero-order chi connectivity index (χ0) is 15.4. The molecule has 1 aromatic carbocycles. The Morgan fingerprint density at radius 3 is 2.48 bits per heavy atom. The number of carbonyl (C=O) groups is 1. The molecule has 0 spiro atoms. The van der Waals surface area contributed by atoms with Gasteiger partial charge in [0.15, 0.2) is 6.10 Å². The number of anilines is 1. The number of amides is 1. The van der Waals surface area contributed by atoms with Crippen LogP contribution in [-0.2, 0) is 4.79 Å². The molecule has 2 aromatic rings. The molecule has 0 unspecified atom stereocenters. The van der Waals surface area contributed by atoms with Crippen LogP contribution in [-0.4, -0.2) is 21.8 Å². The summed E-state index contributed by atoms with van der Waals surface area (Å²) in [6.45, 7) is 7.75. The first-order valence-electron chi connectivity index (χ1n) is 7.05. The smallest absolute Gasteiger partial charge is 0.266 e. The van der Waals surface area contributed by atoms with E-state index in [-0.39, 0.29) is 11.9 Å². The minimum absolute atomic E-state index is 0.184. The number of hydrogen-bond acceptors (Lipinski definition) is 3. The van der Waals surface area contributed by atoms with Gasteiger partial charge in [-0.1, -0.05) is 17.7 Å². The third-order valence-electron chi connectivity index (χ3n) is 3.11. The summed E-state index contributed by atoms with van der Waals surface area (Å²) < 4.78 is 7.40. The molecule has 0 aliphatic carbocycles. The van der Waals surface area contributed by atoms with Crippen LogP contribution in [0.3, 0.4) is 0 Å². The maximum absolute atomic E-state index is 12.2. The fraction of sp³-hybridized carbons (Fsp3) is 0.375. The van der Waals surface area contributed by atoms with Gasteiger partial charge in [-0.3, -0.25) is 4.79 Å². The summed E-state index contributed by atoms with van der Waals surface area (Å²) in [7, 11) is 0. The Hall–Kier alpha value is -2.30. The van der Waals surface area contributed by atoms with Gasteiger partial charge in [-0.05, 0) is 39.8 Å². The fourth-order valence-corrected chi connectivity index (χ4v) is 1.93.